The molecule has 0 bridgehead atoms. The van der Waals surface area contributed by atoms with Crippen LogP contribution in [0.2, 0.25) is 0 Å². The molecule has 5 nitrogen and oxygen atoms in total. The second kappa shape index (κ2) is 6.83. The minimum atomic E-state index is -0.406. The maximum atomic E-state index is 12.0. The van der Waals surface area contributed by atoms with E-state index in [1.807, 2.05) is 6.07 Å². The van der Waals surface area contributed by atoms with Gasteiger partial charge in [-0.15, -0.1) is 11.3 Å². The van der Waals surface area contributed by atoms with Crippen LogP contribution in [0.25, 0.3) is 11.1 Å². The first-order valence-corrected chi connectivity index (χ1v) is 8.43. The third kappa shape index (κ3) is 3.71. The molecule has 0 spiro atoms. The first kappa shape index (κ1) is 15.6. The molecule has 0 aliphatic carbocycles. The molecule has 23 heavy (non-hydrogen) atoms. The van der Waals surface area contributed by atoms with Crippen LogP contribution in [0.15, 0.2) is 44.9 Å². The molecule has 120 valence electrons. The molecule has 0 fully saturated rings. The Morgan fingerprint density at radius 1 is 1.30 bits per heavy atom. The third-order valence-electron chi connectivity index (χ3n) is 3.73. The molecular formula is C17H18N2O3S. The summed E-state index contributed by atoms with van der Waals surface area (Å²) in [5.41, 5.74) is 1.87. The van der Waals surface area contributed by atoms with Crippen LogP contribution in [0.4, 0.5) is 5.69 Å². The van der Waals surface area contributed by atoms with Gasteiger partial charge in [-0.3, -0.25) is 9.36 Å². The van der Waals surface area contributed by atoms with Crippen LogP contribution in [-0.2, 0) is 18.3 Å². The zero-order chi connectivity index (χ0) is 16.2. The Hall–Kier alpha value is -2.34. The highest BCUT2D eigenvalue weighted by molar-refractivity contribution is 7.09. The number of thiophene rings is 1. The summed E-state index contributed by atoms with van der Waals surface area (Å²) in [4.78, 5) is 24.8. The first-order chi connectivity index (χ1) is 11.1. The number of hydrogen-bond acceptors (Lipinski definition) is 4. The quantitative estimate of drug-likeness (QED) is 0.703. The van der Waals surface area contributed by atoms with Gasteiger partial charge in [0, 0.05) is 24.0 Å². The largest absolute Gasteiger partial charge is 0.419 e. The van der Waals surface area contributed by atoms with Crippen molar-refractivity contribution in [1.29, 1.82) is 0 Å². The standard InChI is InChI=1S/C17H18N2O3S/c1-19-14-11-12(8-9-15(14)22-17(19)21)18-16(20)7-3-2-5-13-6-4-10-23-13/h4,6,8-11H,2-3,5,7H2,1H3,(H,18,20). The number of amides is 1. The van der Waals surface area contributed by atoms with Crippen molar-refractivity contribution >= 4 is 34.0 Å². The molecule has 0 aliphatic rings. The Bertz CT molecular complexity index is 862. The summed E-state index contributed by atoms with van der Waals surface area (Å²) in [6, 6.07) is 9.36. The predicted octanol–water partition coefficient (Wildman–Crippen LogP) is 3.54. The average Bonchev–Trinajstić information content (AvgIpc) is 3.14. The van der Waals surface area contributed by atoms with Crippen molar-refractivity contribution in [3.8, 4) is 0 Å². The molecule has 0 saturated heterocycles. The van der Waals surface area contributed by atoms with Gasteiger partial charge in [-0.05, 0) is 48.9 Å². The number of hydrogen-bond donors (Lipinski definition) is 1. The van der Waals surface area contributed by atoms with Gasteiger partial charge < -0.3 is 9.73 Å². The highest BCUT2D eigenvalue weighted by Crippen LogP contribution is 2.18. The van der Waals surface area contributed by atoms with Gasteiger partial charge in [-0.2, -0.15) is 0 Å². The lowest BCUT2D eigenvalue weighted by Gasteiger charge is -2.05. The van der Waals surface area contributed by atoms with Gasteiger partial charge in [0.25, 0.3) is 0 Å². The lowest BCUT2D eigenvalue weighted by molar-refractivity contribution is -0.116. The molecule has 1 aromatic carbocycles. The van der Waals surface area contributed by atoms with Gasteiger partial charge in [-0.25, -0.2) is 4.79 Å². The summed E-state index contributed by atoms with van der Waals surface area (Å²) in [6.07, 6.45) is 3.38. The second-order valence-electron chi connectivity index (χ2n) is 5.44. The summed E-state index contributed by atoms with van der Waals surface area (Å²) in [6.45, 7) is 0. The van der Waals surface area contributed by atoms with E-state index in [1.165, 1.54) is 9.44 Å². The van der Waals surface area contributed by atoms with Crippen molar-refractivity contribution in [3.63, 3.8) is 0 Å². The van der Waals surface area contributed by atoms with Gasteiger partial charge in [0.15, 0.2) is 5.58 Å². The number of nitrogens with one attached hydrogen (secondary N) is 1. The van der Waals surface area contributed by atoms with Crippen LogP contribution in [0, 0.1) is 0 Å². The molecule has 3 aromatic rings. The number of anilines is 1. The number of unbranched alkanes of at least 4 members (excludes halogenated alkanes) is 1. The molecule has 2 heterocycles. The fraction of sp³-hybridized carbons (Fsp3) is 0.294. The molecule has 0 radical (unpaired) electrons. The van der Waals surface area contributed by atoms with E-state index in [1.54, 1.807) is 36.6 Å². The smallest absolute Gasteiger partial charge is 0.408 e. The number of nitrogens with zero attached hydrogens (tertiary/aromatic N) is 1. The van der Waals surface area contributed by atoms with Crippen molar-refractivity contribution in [1.82, 2.24) is 4.57 Å². The first-order valence-electron chi connectivity index (χ1n) is 7.55. The third-order valence-corrected chi connectivity index (χ3v) is 4.67. The fourth-order valence-electron chi connectivity index (χ4n) is 2.47. The summed E-state index contributed by atoms with van der Waals surface area (Å²) in [5, 5.41) is 4.94. The Morgan fingerprint density at radius 2 is 2.17 bits per heavy atom. The van der Waals surface area contributed by atoms with Crippen LogP contribution < -0.4 is 11.1 Å². The predicted molar refractivity (Wildman–Crippen MR) is 92.0 cm³/mol. The number of benzene rings is 1. The highest BCUT2D eigenvalue weighted by atomic mass is 32.1. The van der Waals surface area contributed by atoms with Crippen LogP contribution in [-0.4, -0.2) is 10.5 Å². The number of aromatic nitrogens is 1. The number of aryl methyl sites for hydroxylation is 2. The number of fused-ring (bicyclic) bond motifs is 1. The molecule has 6 heteroatoms. The van der Waals surface area contributed by atoms with E-state index in [0.717, 1.165) is 19.3 Å². The average molecular weight is 330 g/mol. The molecule has 1 amide bonds. The van der Waals surface area contributed by atoms with E-state index in [9.17, 15) is 9.59 Å². The minimum Gasteiger partial charge on any atom is -0.408 e. The minimum absolute atomic E-state index is 0.0102. The number of oxazole rings is 1. The van der Waals surface area contributed by atoms with Gasteiger partial charge >= 0.3 is 5.76 Å². The van der Waals surface area contributed by atoms with E-state index in [0.29, 0.717) is 23.2 Å². The maximum Gasteiger partial charge on any atom is 0.419 e. The molecule has 0 unspecified atom stereocenters. The second-order valence-corrected chi connectivity index (χ2v) is 6.48. The molecular weight excluding hydrogens is 312 g/mol. The van der Waals surface area contributed by atoms with Crippen LogP contribution in [0.1, 0.15) is 24.1 Å². The maximum absolute atomic E-state index is 12.0. The number of rotatable bonds is 6. The Kier molecular flexibility index (Phi) is 4.62. The SMILES string of the molecule is Cn1c(=O)oc2ccc(NC(=O)CCCCc3cccs3)cc21. The lowest BCUT2D eigenvalue weighted by atomic mass is 10.1. The van der Waals surface area contributed by atoms with Crippen molar-refractivity contribution < 1.29 is 9.21 Å². The van der Waals surface area contributed by atoms with Crippen LogP contribution in [0.5, 0.6) is 0 Å². The van der Waals surface area contributed by atoms with E-state index in [-0.39, 0.29) is 5.91 Å². The summed E-state index contributed by atoms with van der Waals surface area (Å²) < 4.78 is 6.49. The van der Waals surface area contributed by atoms with Crippen LogP contribution >= 0.6 is 11.3 Å². The van der Waals surface area contributed by atoms with E-state index in [4.69, 9.17) is 4.42 Å². The highest BCUT2D eigenvalue weighted by Gasteiger charge is 2.08. The van der Waals surface area contributed by atoms with E-state index >= 15 is 0 Å². The Morgan fingerprint density at radius 3 is 2.96 bits per heavy atom. The fourth-order valence-corrected chi connectivity index (χ4v) is 3.22. The zero-order valence-electron chi connectivity index (χ0n) is 12.9. The number of carbonyl (C=O) groups is 1. The molecule has 3 rings (SSSR count). The molecule has 0 atom stereocenters. The Labute approximate surface area is 137 Å². The zero-order valence-corrected chi connectivity index (χ0v) is 13.7. The van der Waals surface area contributed by atoms with Crippen molar-refractivity contribution in [2.75, 3.05) is 5.32 Å². The Balaban J connectivity index is 1.53. The van der Waals surface area contributed by atoms with Crippen molar-refractivity contribution in [2.24, 2.45) is 7.05 Å². The number of carbonyl (C=O) groups excluding carboxylic acids is 1. The molecule has 2 aromatic heterocycles. The summed E-state index contributed by atoms with van der Waals surface area (Å²) in [7, 11) is 1.64. The lowest BCUT2D eigenvalue weighted by Crippen LogP contribution is -2.11. The van der Waals surface area contributed by atoms with Crippen molar-refractivity contribution in [3.05, 3.63) is 51.1 Å². The molecule has 0 saturated carbocycles. The van der Waals surface area contributed by atoms with Gasteiger partial charge in [0.05, 0.1) is 5.52 Å². The summed E-state index contributed by atoms with van der Waals surface area (Å²) in [5.74, 6) is -0.416. The normalized spacial score (nSPS) is 11.0. The van der Waals surface area contributed by atoms with Gasteiger partial charge in [0.2, 0.25) is 5.91 Å². The van der Waals surface area contributed by atoms with E-state index < -0.39 is 5.76 Å². The summed E-state index contributed by atoms with van der Waals surface area (Å²) >= 11 is 1.75. The molecule has 0 aliphatic heterocycles. The monoisotopic (exact) mass is 330 g/mol. The van der Waals surface area contributed by atoms with Crippen molar-refractivity contribution in [2.45, 2.75) is 25.7 Å². The van der Waals surface area contributed by atoms with E-state index in [2.05, 4.69) is 16.8 Å². The van der Waals surface area contributed by atoms with Gasteiger partial charge in [0.1, 0.15) is 0 Å². The van der Waals surface area contributed by atoms with Crippen LogP contribution in [0.3, 0.4) is 0 Å². The molecule has 1 N–H and O–H groups in total. The van der Waals surface area contributed by atoms with Gasteiger partial charge in [-0.1, -0.05) is 6.07 Å². The topological polar surface area (TPSA) is 64.2 Å².